The van der Waals surface area contributed by atoms with E-state index < -0.39 is 0 Å². The lowest BCUT2D eigenvalue weighted by molar-refractivity contribution is -0.129. The third kappa shape index (κ3) is 6.94. The molecule has 0 aliphatic rings. The molecule has 0 radical (unpaired) electrons. The summed E-state index contributed by atoms with van der Waals surface area (Å²) >= 11 is 1.45. The molecule has 0 aromatic heterocycles. The van der Waals surface area contributed by atoms with Gasteiger partial charge in [-0.2, -0.15) is 0 Å². The molecule has 0 heterocycles. The first-order valence-electron chi connectivity index (χ1n) is 8.53. The van der Waals surface area contributed by atoms with E-state index in [1.807, 2.05) is 19.1 Å². The van der Waals surface area contributed by atoms with Gasteiger partial charge in [0.2, 0.25) is 11.8 Å². The molecule has 2 aromatic carbocycles. The first kappa shape index (κ1) is 20.8. The van der Waals surface area contributed by atoms with Crippen LogP contribution in [0.3, 0.4) is 0 Å². The van der Waals surface area contributed by atoms with Gasteiger partial charge in [0.1, 0.15) is 18.2 Å². The Balaban J connectivity index is 1.79. The molecule has 0 saturated heterocycles. The number of hydrogen-bond donors (Lipinski definition) is 1. The van der Waals surface area contributed by atoms with E-state index in [-0.39, 0.29) is 22.9 Å². The number of hydrogen-bond acceptors (Lipinski definition) is 4. The summed E-state index contributed by atoms with van der Waals surface area (Å²) in [6, 6.07) is 13.1. The van der Waals surface area contributed by atoms with Crippen LogP contribution in [0.4, 0.5) is 10.1 Å². The Morgan fingerprint density at radius 2 is 1.78 bits per heavy atom. The summed E-state index contributed by atoms with van der Waals surface area (Å²) in [5, 5.41) is 2.45. The van der Waals surface area contributed by atoms with Crippen LogP contribution in [0, 0.1) is 5.82 Å². The van der Waals surface area contributed by atoms with E-state index in [2.05, 4.69) is 5.32 Å². The second-order valence-electron chi connectivity index (χ2n) is 6.03. The average molecular weight is 390 g/mol. The van der Waals surface area contributed by atoms with E-state index >= 15 is 0 Å². The molecular weight excluding hydrogens is 367 g/mol. The number of nitrogens with one attached hydrogen (secondary N) is 1. The van der Waals surface area contributed by atoms with Gasteiger partial charge in [-0.25, -0.2) is 4.39 Å². The van der Waals surface area contributed by atoms with E-state index in [9.17, 15) is 14.0 Å². The van der Waals surface area contributed by atoms with Crippen molar-refractivity contribution >= 4 is 29.3 Å². The van der Waals surface area contributed by atoms with Gasteiger partial charge in [0.25, 0.3) is 0 Å². The standard InChI is InChI=1S/C20H23FN2O3S/c1-14(27-19-10-6-17(7-11-19)22-15(2)24)20(25)23(3)12-13-26-18-8-4-16(21)5-9-18/h4-11,14H,12-13H2,1-3H3,(H,22,24). The van der Waals surface area contributed by atoms with Gasteiger partial charge in [-0.15, -0.1) is 11.8 Å². The SMILES string of the molecule is CC(=O)Nc1ccc(SC(C)C(=O)N(C)CCOc2ccc(F)cc2)cc1. The Labute approximate surface area is 162 Å². The number of carbonyl (C=O) groups excluding carboxylic acids is 2. The molecule has 0 saturated carbocycles. The molecule has 2 rings (SSSR count). The van der Waals surface area contributed by atoms with Crippen molar-refractivity contribution in [2.75, 3.05) is 25.5 Å². The predicted molar refractivity (Wildman–Crippen MR) is 106 cm³/mol. The van der Waals surface area contributed by atoms with Crippen LogP contribution in [-0.4, -0.2) is 42.2 Å². The zero-order chi connectivity index (χ0) is 19.8. The summed E-state index contributed by atoms with van der Waals surface area (Å²) in [5.74, 6) is 0.126. The molecule has 2 amide bonds. The number of anilines is 1. The van der Waals surface area contributed by atoms with Crippen molar-refractivity contribution in [3.05, 3.63) is 54.3 Å². The number of carbonyl (C=O) groups is 2. The molecule has 7 heteroatoms. The third-order valence-corrected chi connectivity index (χ3v) is 4.82. The van der Waals surface area contributed by atoms with Gasteiger partial charge in [0.15, 0.2) is 0 Å². The lowest BCUT2D eigenvalue weighted by atomic mass is 10.3. The number of amides is 2. The number of ether oxygens (including phenoxy) is 1. The molecule has 27 heavy (non-hydrogen) atoms. The molecule has 1 unspecified atom stereocenters. The molecule has 1 N–H and O–H groups in total. The summed E-state index contributed by atoms with van der Waals surface area (Å²) in [6.45, 7) is 4.07. The maximum Gasteiger partial charge on any atom is 0.235 e. The number of thioether (sulfide) groups is 1. The van der Waals surface area contributed by atoms with Crippen LogP contribution in [0.1, 0.15) is 13.8 Å². The fourth-order valence-electron chi connectivity index (χ4n) is 2.33. The fraction of sp³-hybridized carbons (Fsp3) is 0.300. The molecule has 1 atom stereocenters. The lowest BCUT2D eigenvalue weighted by Gasteiger charge is -2.21. The zero-order valence-electron chi connectivity index (χ0n) is 15.6. The third-order valence-electron chi connectivity index (χ3n) is 3.72. The van der Waals surface area contributed by atoms with Crippen molar-refractivity contribution in [2.45, 2.75) is 24.0 Å². The highest BCUT2D eigenvalue weighted by atomic mass is 32.2. The summed E-state index contributed by atoms with van der Waals surface area (Å²) in [4.78, 5) is 26.1. The van der Waals surface area contributed by atoms with Crippen LogP contribution >= 0.6 is 11.8 Å². The van der Waals surface area contributed by atoms with Crippen LogP contribution in [0.5, 0.6) is 5.75 Å². The normalized spacial score (nSPS) is 11.6. The van der Waals surface area contributed by atoms with E-state index in [0.717, 1.165) is 10.6 Å². The Hall–Kier alpha value is -2.54. The van der Waals surface area contributed by atoms with Gasteiger partial charge in [-0.05, 0) is 55.5 Å². The van der Waals surface area contributed by atoms with Gasteiger partial charge in [-0.3, -0.25) is 9.59 Å². The number of rotatable bonds is 8. The highest BCUT2D eigenvalue weighted by Gasteiger charge is 2.18. The molecular formula is C20H23FN2O3S. The average Bonchev–Trinajstić information content (AvgIpc) is 2.63. The van der Waals surface area contributed by atoms with Crippen LogP contribution < -0.4 is 10.1 Å². The van der Waals surface area contributed by atoms with Crippen LogP contribution in [0.15, 0.2) is 53.4 Å². The van der Waals surface area contributed by atoms with Crippen molar-refractivity contribution in [2.24, 2.45) is 0 Å². The molecule has 0 fully saturated rings. The maximum absolute atomic E-state index is 12.9. The Bertz CT molecular complexity index is 766. The van der Waals surface area contributed by atoms with Gasteiger partial charge < -0.3 is 15.0 Å². The zero-order valence-corrected chi connectivity index (χ0v) is 16.4. The lowest BCUT2D eigenvalue weighted by Crippen LogP contribution is -2.36. The Morgan fingerprint density at radius 1 is 1.15 bits per heavy atom. The molecule has 0 spiro atoms. The van der Waals surface area contributed by atoms with Gasteiger partial charge >= 0.3 is 0 Å². The van der Waals surface area contributed by atoms with Gasteiger partial charge in [0.05, 0.1) is 11.8 Å². The minimum Gasteiger partial charge on any atom is -0.492 e. The van der Waals surface area contributed by atoms with E-state index in [1.54, 1.807) is 36.2 Å². The fourth-order valence-corrected chi connectivity index (χ4v) is 3.31. The number of halogens is 1. The topological polar surface area (TPSA) is 58.6 Å². The minimum atomic E-state index is -0.314. The van der Waals surface area contributed by atoms with Crippen LogP contribution in [0.2, 0.25) is 0 Å². The second kappa shape index (κ2) is 9.97. The van der Waals surface area contributed by atoms with Crippen molar-refractivity contribution in [1.29, 1.82) is 0 Å². The first-order valence-corrected chi connectivity index (χ1v) is 9.41. The number of likely N-dealkylation sites (N-methyl/N-ethyl adjacent to an activating group) is 1. The summed E-state index contributed by atoms with van der Waals surface area (Å²) < 4.78 is 18.4. The van der Waals surface area contributed by atoms with Gasteiger partial charge in [-0.1, -0.05) is 0 Å². The van der Waals surface area contributed by atoms with Crippen molar-refractivity contribution < 1.29 is 18.7 Å². The number of benzene rings is 2. The Kier molecular flexibility index (Phi) is 7.67. The second-order valence-corrected chi connectivity index (χ2v) is 7.44. The molecule has 0 aliphatic heterocycles. The van der Waals surface area contributed by atoms with E-state index in [4.69, 9.17) is 4.74 Å². The molecule has 144 valence electrons. The van der Waals surface area contributed by atoms with Crippen LogP contribution in [-0.2, 0) is 9.59 Å². The molecule has 0 aliphatic carbocycles. The van der Waals surface area contributed by atoms with Crippen molar-refractivity contribution in [3.8, 4) is 5.75 Å². The van der Waals surface area contributed by atoms with E-state index in [1.165, 1.54) is 30.8 Å². The summed E-state index contributed by atoms with van der Waals surface area (Å²) in [5.41, 5.74) is 0.723. The van der Waals surface area contributed by atoms with Crippen molar-refractivity contribution in [1.82, 2.24) is 4.90 Å². The largest absolute Gasteiger partial charge is 0.492 e. The highest BCUT2D eigenvalue weighted by molar-refractivity contribution is 8.00. The molecule has 2 aromatic rings. The summed E-state index contributed by atoms with van der Waals surface area (Å²) in [7, 11) is 1.73. The van der Waals surface area contributed by atoms with Gasteiger partial charge in [0, 0.05) is 24.6 Å². The monoisotopic (exact) mass is 390 g/mol. The minimum absolute atomic E-state index is 0.00589. The van der Waals surface area contributed by atoms with E-state index in [0.29, 0.717) is 18.9 Å². The Morgan fingerprint density at radius 3 is 2.37 bits per heavy atom. The quantitative estimate of drug-likeness (QED) is 0.697. The maximum atomic E-state index is 12.9. The first-order chi connectivity index (χ1) is 12.8. The van der Waals surface area contributed by atoms with Crippen LogP contribution in [0.25, 0.3) is 0 Å². The summed E-state index contributed by atoms with van der Waals surface area (Å²) in [6.07, 6.45) is 0. The number of nitrogens with zero attached hydrogens (tertiary/aromatic N) is 1. The smallest absolute Gasteiger partial charge is 0.235 e. The molecule has 0 bridgehead atoms. The highest BCUT2D eigenvalue weighted by Crippen LogP contribution is 2.25. The molecule has 5 nitrogen and oxygen atoms in total. The van der Waals surface area contributed by atoms with Crippen molar-refractivity contribution in [3.63, 3.8) is 0 Å². The predicted octanol–water partition coefficient (Wildman–Crippen LogP) is 3.80.